The SMILES string of the molecule is N[C@@H](Cc1ccc(CCC(=O)O)nc1)C(=O)O. The molecule has 0 unspecified atom stereocenters. The Morgan fingerprint density at radius 3 is 2.53 bits per heavy atom. The van der Waals surface area contributed by atoms with Gasteiger partial charge < -0.3 is 15.9 Å². The van der Waals surface area contributed by atoms with Crippen molar-refractivity contribution in [1.29, 1.82) is 0 Å². The second-order valence-corrected chi connectivity index (χ2v) is 3.70. The first-order valence-corrected chi connectivity index (χ1v) is 5.13. The van der Waals surface area contributed by atoms with E-state index < -0.39 is 18.0 Å². The van der Waals surface area contributed by atoms with E-state index in [2.05, 4.69) is 4.98 Å². The van der Waals surface area contributed by atoms with Crippen LogP contribution in [0.15, 0.2) is 18.3 Å². The van der Waals surface area contributed by atoms with Gasteiger partial charge >= 0.3 is 11.9 Å². The third kappa shape index (κ3) is 4.60. The molecule has 6 heteroatoms. The molecule has 0 saturated carbocycles. The largest absolute Gasteiger partial charge is 0.481 e. The zero-order valence-corrected chi connectivity index (χ0v) is 9.17. The number of pyridine rings is 1. The van der Waals surface area contributed by atoms with Gasteiger partial charge in [0.1, 0.15) is 6.04 Å². The molecule has 4 N–H and O–H groups in total. The molecule has 1 aromatic rings. The van der Waals surface area contributed by atoms with Crippen LogP contribution in [-0.4, -0.2) is 33.2 Å². The molecular formula is C11H14N2O4. The first-order chi connectivity index (χ1) is 7.99. The first-order valence-electron chi connectivity index (χ1n) is 5.13. The molecule has 0 aromatic carbocycles. The van der Waals surface area contributed by atoms with Crippen LogP contribution in [0.1, 0.15) is 17.7 Å². The second kappa shape index (κ2) is 5.95. The zero-order valence-electron chi connectivity index (χ0n) is 9.17. The highest BCUT2D eigenvalue weighted by Gasteiger charge is 2.12. The van der Waals surface area contributed by atoms with Crippen molar-refractivity contribution in [2.24, 2.45) is 5.73 Å². The number of aryl methyl sites for hydroxylation is 1. The third-order valence-electron chi connectivity index (χ3n) is 2.25. The molecule has 1 aromatic heterocycles. The summed E-state index contributed by atoms with van der Waals surface area (Å²) in [6.07, 6.45) is 2.13. The number of carbonyl (C=O) groups is 2. The highest BCUT2D eigenvalue weighted by Crippen LogP contribution is 2.05. The van der Waals surface area contributed by atoms with Crippen molar-refractivity contribution in [3.63, 3.8) is 0 Å². The fourth-order valence-corrected chi connectivity index (χ4v) is 1.30. The van der Waals surface area contributed by atoms with Gasteiger partial charge in [0.05, 0.1) is 6.42 Å². The standard InChI is InChI=1S/C11H14N2O4/c12-9(11(16)17)5-7-1-2-8(13-6-7)3-4-10(14)15/h1-2,6,9H,3-5,12H2,(H,14,15)(H,16,17)/t9-/m0/s1. The van der Waals surface area contributed by atoms with Crippen molar-refractivity contribution >= 4 is 11.9 Å². The molecule has 6 nitrogen and oxygen atoms in total. The van der Waals surface area contributed by atoms with Crippen molar-refractivity contribution in [3.05, 3.63) is 29.6 Å². The van der Waals surface area contributed by atoms with Gasteiger partial charge in [0.15, 0.2) is 0 Å². The number of hydrogen-bond acceptors (Lipinski definition) is 4. The van der Waals surface area contributed by atoms with E-state index in [1.807, 2.05) is 0 Å². The lowest BCUT2D eigenvalue weighted by atomic mass is 10.1. The third-order valence-corrected chi connectivity index (χ3v) is 2.25. The summed E-state index contributed by atoms with van der Waals surface area (Å²) in [5.41, 5.74) is 6.77. The van der Waals surface area contributed by atoms with E-state index in [4.69, 9.17) is 15.9 Å². The molecular weight excluding hydrogens is 224 g/mol. The Balaban J connectivity index is 2.55. The minimum Gasteiger partial charge on any atom is -0.481 e. The van der Waals surface area contributed by atoms with Crippen LogP contribution in [0.3, 0.4) is 0 Å². The number of carboxylic acids is 2. The predicted octanol–water partition coefficient (Wildman–Crippen LogP) is 0.0532. The van der Waals surface area contributed by atoms with Crippen LogP contribution < -0.4 is 5.73 Å². The fourth-order valence-electron chi connectivity index (χ4n) is 1.30. The quantitative estimate of drug-likeness (QED) is 0.645. The molecule has 0 aliphatic rings. The van der Waals surface area contributed by atoms with Gasteiger partial charge in [-0.15, -0.1) is 0 Å². The Morgan fingerprint density at radius 2 is 2.06 bits per heavy atom. The smallest absolute Gasteiger partial charge is 0.320 e. The summed E-state index contributed by atoms with van der Waals surface area (Å²) in [4.78, 5) is 24.9. The molecule has 0 amide bonds. The number of carboxylic acid groups (broad SMARTS) is 2. The average molecular weight is 238 g/mol. The molecule has 0 spiro atoms. The van der Waals surface area contributed by atoms with Crippen LogP contribution >= 0.6 is 0 Å². The number of nitrogens with two attached hydrogens (primary N) is 1. The Bertz CT molecular complexity index is 402. The summed E-state index contributed by atoms with van der Waals surface area (Å²) < 4.78 is 0. The zero-order chi connectivity index (χ0) is 12.8. The average Bonchev–Trinajstić information content (AvgIpc) is 2.28. The lowest BCUT2D eigenvalue weighted by Gasteiger charge is -2.06. The van der Waals surface area contributed by atoms with Crippen molar-refractivity contribution in [2.45, 2.75) is 25.3 Å². The van der Waals surface area contributed by atoms with Crippen molar-refractivity contribution in [2.75, 3.05) is 0 Å². The van der Waals surface area contributed by atoms with Gasteiger partial charge in [-0.1, -0.05) is 6.07 Å². The maximum absolute atomic E-state index is 10.5. The second-order valence-electron chi connectivity index (χ2n) is 3.70. The van der Waals surface area contributed by atoms with Gasteiger partial charge in [0, 0.05) is 18.3 Å². The molecule has 1 heterocycles. The number of hydrogen-bond donors (Lipinski definition) is 3. The summed E-state index contributed by atoms with van der Waals surface area (Å²) in [6.45, 7) is 0. The predicted molar refractivity (Wildman–Crippen MR) is 59.5 cm³/mol. The molecule has 0 saturated heterocycles. The monoisotopic (exact) mass is 238 g/mol. The Labute approximate surface area is 98.1 Å². The van der Waals surface area contributed by atoms with Gasteiger partial charge in [-0.05, 0) is 18.1 Å². The van der Waals surface area contributed by atoms with Gasteiger partial charge in [0.2, 0.25) is 0 Å². The fraction of sp³-hybridized carbons (Fsp3) is 0.364. The molecule has 92 valence electrons. The van der Waals surface area contributed by atoms with Gasteiger partial charge in [-0.25, -0.2) is 0 Å². The van der Waals surface area contributed by atoms with Crippen LogP contribution in [0, 0.1) is 0 Å². The lowest BCUT2D eigenvalue weighted by Crippen LogP contribution is -2.32. The van der Waals surface area contributed by atoms with E-state index in [1.54, 1.807) is 12.1 Å². The van der Waals surface area contributed by atoms with Crippen LogP contribution in [-0.2, 0) is 22.4 Å². The lowest BCUT2D eigenvalue weighted by molar-refractivity contribution is -0.139. The molecule has 1 atom stereocenters. The summed E-state index contributed by atoms with van der Waals surface area (Å²) in [6, 6.07) is 2.46. The highest BCUT2D eigenvalue weighted by atomic mass is 16.4. The first kappa shape index (κ1) is 13.1. The van der Waals surface area contributed by atoms with E-state index in [-0.39, 0.29) is 12.8 Å². The van der Waals surface area contributed by atoms with E-state index in [0.29, 0.717) is 12.1 Å². The number of nitrogens with zero attached hydrogens (tertiary/aromatic N) is 1. The normalized spacial score (nSPS) is 12.1. The molecule has 1 rings (SSSR count). The molecule has 0 aliphatic carbocycles. The molecule has 0 bridgehead atoms. The van der Waals surface area contributed by atoms with Crippen LogP contribution in [0.5, 0.6) is 0 Å². The minimum absolute atomic E-state index is 0.0288. The van der Waals surface area contributed by atoms with Gasteiger partial charge in [-0.2, -0.15) is 0 Å². The number of aromatic nitrogens is 1. The molecule has 0 fully saturated rings. The molecule has 0 aliphatic heterocycles. The summed E-state index contributed by atoms with van der Waals surface area (Å²) in [5.74, 6) is -1.93. The minimum atomic E-state index is -1.06. The van der Waals surface area contributed by atoms with Crippen molar-refractivity contribution in [1.82, 2.24) is 4.98 Å². The Kier molecular flexibility index (Phi) is 4.59. The Hall–Kier alpha value is -1.95. The number of aliphatic carboxylic acids is 2. The topological polar surface area (TPSA) is 114 Å². The summed E-state index contributed by atoms with van der Waals surface area (Å²) in [5, 5.41) is 17.1. The van der Waals surface area contributed by atoms with Crippen LogP contribution in [0.2, 0.25) is 0 Å². The van der Waals surface area contributed by atoms with Gasteiger partial charge in [0.25, 0.3) is 0 Å². The summed E-state index contributed by atoms with van der Waals surface area (Å²) in [7, 11) is 0. The van der Waals surface area contributed by atoms with E-state index in [9.17, 15) is 9.59 Å². The number of rotatable bonds is 6. The van der Waals surface area contributed by atoms with Crippen LogP contribution in [0.25, 0.3) is 0 Å². The molecule has 17 heavy (non-hydrogen) atoms. The molecule has 0 radical (unpaired) electrons. The van der Waals surface area contributed by atoms with Crippen molar-refractivity contribution in [3.8, 4) is 0 Å². The van der Waals surface area contributed by atoms with Crippen LogP contribution in [0.4, 0.5) is 0 Å². The van der Waals surface area contributed by atoms with E-state index in [1.165, 1.54) is 6.20 Å². The van der Waals surface area contributed by atoms with E-state index in [0.717, 1.165) is 5.56 Å². The highest BCUT2D eigenvalue weighted by molar-refractivity contribution is 5.73. The summed E-state index contributed by atoms with van der Waals surface area (Å²) >= 11 is 0. The maximum atomic E-state index is 10.5. The maximum Gasteiger partial charge on any atom is 0.320 e. The Morgan fingerprint density at radius 1 is 1.35 bits per heavy atom. The van der Waals surface area contributed by atoms with E-state index >= 15 is 0 Å². The van der Waals surface area contributed by atoms with Crippen molar-refractivity contribution < 1.29 is 19.8 Å². The van der Waals surface area contributed by atoms with Gasteiger partial charge in [-0.3, -0.25) is 14.6 Å².